The van der Waals surface area contributed by atoms with Crippen molar-refractivity contribution in [3.63, 3.8) is 0 Å². The van der Waals surface area contributed by atoms with Gasteiger partial charge in [-0.15, -0.1) is 0 Å². The van der Waals surface area contributed by atoms with Crippen molar-refractivity contribution in [2.24, 2.45) is 23.2 Å². The largest absolute Gasteiger partial charge is 0.349 e. The van der Waals surface area contributed by atoms with E-state index < -0.39 is 0 Å². The van der Waals surface area contributed by atoms with E-state index in [2.05, 4.69) is 28.2 Å². The highest BCUT2D eigenvalue weighted by molar-refractivity contribution is 9.10. The zero-order valence-electron chi connectivity index (χ0n) is 18.5. The molecule has 1 aromatic heterocycles. The molecule has 0 spiro atoms. The van der Waals surface area contributed by atoms with Crippen molar-refractivity contribution in [1.29, 1.82) is 0 Å². The van der Waals surface area contributed by atoms with Crippen LogP contribution in [0.2, 0.25) is 0 Å². The lowest BCUT2D eigenvalue weighted by Gasteiger charge is -2.59. The van der Waals surface area contributed by atoms with Crippen molar-refractivity contribution in [3.05, 3.63) is 64.6 Å². The molecular weight excluding hydrogens is 460 g/mol. The van der Waals surface area contributed by atoms with Crippen LogP contribution in [0.15, 0.2) is 59.1 Å². The molecule has 3 aromatic rings. The van der Waals surface area contributed by atoms with E-state index in [1.54, 1.807) is 0 Å². The third-order valence-corrected chi connectivity index (χ3v) is 8.98. The molecule has 0 radical (unpaired) electrons. The molecular formula is C28H29BrN2O. The van der Waals surface area contributed by atoms with E-state index in [9.17, 15) is 4.79 Å². The number of aromatic nitrogens is 1. The maximum Gasteiger partial charge on any atom is 0.252 e. The lowest BCUT2D eigenvalue weighted by molar-refractivity contribution is -0.0687. The van der Waals surface area contributed by atoms with Gasteiger partial charge in [0.05, 0.1) is 16.8 Å². The van der Waals surface area contributed by atoms with Gasteiger partial charge in [-0.1, -0.05) is 46.3 Å². The molecule has 164 valence electrons. The van der Waals surface area contributed by atoms with Crippen molar-refractivity contribution >= 4 is 32.7 Å². The van der Waals surface area contributed by atoms with Crippen molar-refractivity contribution in [2.75, 3.05) is 0 Å². The van der Waals surface area contributed by atoms with Crippen LogP contribution in [0.5, 0.6) is 0 Å². The zero-order valence-corrected chi connectivity index (χ0v) is 20.1. The molecule has 4 heteroatoms. The summed E-state index contributed by atoms with van der Waals surface area (Å²) in [5, 5.41) is 4.38. The van der Waals surface area contributed by atoms with Crippen LogP contribution in [0.25, 0.3) is 22.2 Å². The van der Waals surface area contributed by atoms with Crippen LogP contribution in [-0.2, 0) is 0 Å². The second-order valence-corrected chi connectivity index (χ2v) is 11.5. The molecule has 7 rings (SSSR count). The molecule has 2 aromatic carbocycles. The van der Waals surface area contributed by atoms with Crippen LogP contribution in [0.4, 0.5) is 0 Å². The first-order valence-electron chi connectivity index (χ1n) is 12.0. The summed E-state index contributed by atoms with van der Waals surface area (Å²) < 4.78 is 1.03. The maximum atomic E-state index is 13.7. The zero-order chi connectivity index (χ0) is 21.9. The number of hydrogen-bond donors (Lipinski definition) is 1. The Balaban J connectivity index is 1.33. The molecule has 1 heterocycles. The van der Waals surface area contributed by atoms with Crippen LogP contribution in [0.1, 0.15) is 55.8 Å². The van der Waals surface area contributed by atoms with Gasteiger partial charge < -0.3 is 5.32 Å². The summed E-state index contributed by atoms with van der Waals surface area (Å²) in [5.41, 5.74) is 3.73. The third kappa shape index (κ3) is 3.48. The number of nitrogens with one attached hydrogen (secondary N) is 1. The highest BCUT2D eigenvalue weighted by Crippen LogP contribution is 2.61. The predicted molar refractivity (Wildman–Crippen MR) is 132 cm³/mol. The molecule has 32 heavy (non-hydrogen) atoms. The Kier molecular flexibility index (Phi) is 4.90. The maximum absolute atomic E-state index is 13.7. The quantitative estimate of drug-likeness (QED) is 0.429. The Hall–Kier alpha value is -2.20. The molecule has 0 aliphatic heterocycles. The van der Waals surface area contributed by atoms with Crippen LogP contribution >= 0.6 is 15.9 Å². The van der Waals surface area contributed by atoms with Crippen molar-refractivity contribution in [1.82, 2.24) is 10.3 Å². The summed E-state index contributed by atoms with van der Waals surface area (Å²) in [6.07, 6.45) is 8.15. The number of para-hydroxylation sites is 1. The molecule has 4 aliphatic carbocycles. The van der Waals surface area contributed by atoms with E-state index in [4.69, 9.17) is 4.98 Å². The second kappa shape index (κ2) is 7.69. The summed E-state index contributed by atoms with van der Waals surface area (Å²) in [6.45, 7) is 2.25. The van der Waals surface area contributed by atoms with Gasteiger partial charge in [0.15, 0.2) is 0 Å². The Bertz CT molecular complexity index is 1150. The molecule has 1 atom stereocenters. The van der Waals surface area contributed by atoms with Gasteiger partial charge in [-0.2, -0.15) is 0 Å². The first kappa shape index (κ1) is 20.4. The monoisotopic (exact) mass is 488 g/mol. The SMILES string of the molecule is C[C@H](NC(=O)c1cc(-c2ccc(Br)cc2)nc2ccccc12)C12CC3CC(CC(C3)C1)C2. The van der Waals surface area contributed by atoms with Crippen LogP contribution < -0.4 is 5.32 Å². The lowest BCUT2D eigenvalue weighted by atomic mass is 9.48. The lowest BCUT2D eigenvalue weighted by Crippen LogP contribution is -2.55. The number of halogens is 1. The number of carbonyl (C=O) groups is 1. The molecule has 4 bridgehead atoms. The second-order valence-electron chi connectivity index (χ2n) is 10.6. The van der Waals surface area contributed by atoms with Gasteiger partial charge in [0.1, 0.15) is 0 Å². The van der Waals surface area contributed by atoms with E-state index in [1.807, 2.05) is 54.6 Å². The third-order valence-electron chi connectivity index (χ3n) is 8.45. The molecule has 1 amide bonds. The Morgan fingerprint density at radius 1 is 1.00 bits per heavy atom. The molecule has 4 saturated carbocycles. The number of amides is 1. The molecule has 1 N–H and O–H groups in total. The van der Waals surface area contributed by atoms with Gasteiger partial charge in [-0.3, -0.25) is 4.79 Å². The minimum absolute atomic E-state index is 0.0326. The highest BCUT2D eigenvalue weighted by Gasteiger charge is 2.53. The van der Waals surface area contributed by atoms with Crippen LogP contribution in [-0.4, -0.2) is 16.9 Å². The van der Waals surface area contributed by atoms with E-state index in [-0.39, 0.29) is 11.9 Å². The number of benzene rings is 2. The fraction of sp³-hybridized carbons (Fsp3) is 0.429. The van der Waals surface area contributed by atoms with Crippen molar-refractivity contribution < 1.29 is 4.79 Å². The first-order valence-corrected chi connectivity index (χ1v) is 12.7. The number of hydrogen-bond acceptors (Lipinski definition) is 2. The van der Waals surface area contributed by atoms with Crippen LogP contribution in [0, 0.1) is 23.2 Å². The van der Waals surface area contributed by atoms with E-state index in [1.165, 1.54) is 38.5 Å². The molecule has 4 fully saturated rings. The summed E-state index contributed by atoms with van der Waals surface area (Å²) >= 11 is 3.50. The van der Waals surface area contributed by atoms with Gasteiger partial charge in [0.2, 0.25) is 0 Å². The van der Waals surface area contributed by atoms with Gasteiger partial charge in [0, 0.05) is 21.5 Å². The van der Waals surface area contributed by atoms with Gasteiger partial charge in [-0.25, -0.2) is 4.98 Å². The topological polar surface area (TPSA) is 42.0 Å². The van der Waals surface area contributed by atoms with E-state index in [0.29, 0.717) is 5.41 Å². The van der Waals surface area contributed by atoms with Crippen molar-refractivity contribution in [3.8, 4) is 11.3 Å². The van der Waals surface area contributed by atoms with Crippen LogP contribution in [0.3, 0.4) is 0 Å². The smallest absolute Gasteiger partial charge is 0.252 e. The number of carbonyl (C=O) groups excluding carboxylic acids is 1. The first-order chi connectivity index (χ1) is 15.5. The summed E-state index contributed by atoms with van der Waals surface area (Å²) in [4.78, 5) is 18.5. The van der Waals surface area contributed by atoms with Gasteiger partial charge >= 0.3 is 0 Å². The fourth-order valence-electron chi connectivity index (χ4n) is 7.27. The molecule has 0 saturated heterocycles. The fourth-order valence-corrected chi connectivity index (χ4v) is 7.53. The average Bonchev–Trinajstić information content (AvgIpc) is 2.78. The minimum Gasteiger partial charge on any atom is -0.349 e. The number of nitrogens with zero attached hydrogens (tertiary/aromatic N) is 1. The summed E-state index contributed by atoms with van der Waals surface area (Å²) in [6, 6.07) is 18.3. The molecule has 3 nitrogen and oxygen atoms in total. The van der Waals surface area contributed by atoms with Crippen molar-refractivity contribution in [2.45, 2.75) is 51.5 Å². The van der Waals surface area contributed by atoms with Gasteiger partial charge in [0.25, 0.3) is 5.91 Å². The van der Waals surface area contributed by atoms with Gasteiger partial charge in [-0.05, 0) is 92.9 Å². The number of pyridine rings is 1. The highest BCUT2D eigenvalue weighted by atomic mass is 79.9. The predicted octanol–water partition coefficient (Wildman–Crippen LogP) is 7.00. The Morgan fingerprint density at radius 2 is 1.62 bits per heavy atom. The minimum atomic E-state index is 0.0326. The van der Waals surface area contributed by atoms with E-state index in [0.717, 1.165) is 50.0 Å². The average molecular weight is 489 g/mol. The molecule has 4 aliphatic rings. The normalized spacial score (nSPS) is 29.2. The standard InChI is InChI=1S/C28H29BrN2O/c1-17(28-14-18-10-19(15-28)12-20(11-18)16-28)30-27(32)24-13-26(21-6-8-22(29)9-7-21)31-25-5-3-2-4-23(24)25/h2-9,13,17-20H,10-12,14-16H2,1H3,(H,30,32)/t17-,18?,19?,20?,28?/m0/s1. The summed E-state index contributed by atoms with van der Waals surface area (Å²) in [7, 11) is 0. The number of fused-ring (bicyclic) bond motifs is 1. The Morgan fingerprint density at radius 3 is 2.28 bits per heavy atom. The number of rotatable bonds is 4. The summed E-state index contributed by atoms with van der Waals surface area (Å²) in [5.74, 6) is 2.68. The Labute approximate surface area is 198 Å². The molecule has 0 unspecified atom stereocenters. The van der Waals surface area contributed by atoms with E-state index >= 15 is 0 Å².